The van der Waals surface area contributed by atoms with E-state index in [-0.39, 0.29) is 5.88 Å². The SMILES string of the molecule is COc1ccc([C@@H]2C(C#N)=C(N)Oc3n[nH]c(C)c32)cc1COc1cc(C)cc(C)c1. The van der Waals surface area contributed by atoms with E-state index in [1.54, 1.807) is 7.11 Å². The second kappa shape index (κ2) is 8.07. The van der Waals surface area contributed by atoms with Gasteiger partial charge in [-0.3, -0.25) is 5.10 Å². The number of ether oxygens (including phenoxy) is 3. The van der Waals surface area contributed by atoms with Crippen molar-refractivity contribution in [3.63, 3.8) is 0 Å². The second-order valence-corrected chi connectivity index (χ2v) is 7.68. The number of rotatable bonds is 5. The average molecular weight is 416 g/mol. The lowest BCUT2D eigenvalue weighted by Gasteiger charge is -2.24. The number of hydrogen-bond donors (Lipinski definition) is 2. The first-order valence-electron chi connectivity index (χ1n) is 9.91. The highest BCUT2D eigenvalue weighted by Gasteiger charge is 2.34. The summed E-state index contributed by atoms with van der Waals surface area (Å²) in [4.78, 5) is 0. The average Bonchev–Trinajstić information content (AvgIpc) is 3.10. The van der Waals surface area contributed by atoms with Crippen molar-refractivity contribution >= 4 is 0 Å². The number of nitrogens with one attached hydrogen (secondary N) is 1. The molecule has 4 rings (SSSR count). The molecule has 2 heterocycles. The van der Waals surface area contributed by atoms with Crippen LogP contribution in [0.25, 0.3) is 0 Å². The molecule has 1 aliphatic rings. The number of fused-ring (bicyclic) bond motifs is 1. The standard InChI is InChI=1S/C24H24N4O3/c1-13-7-14(2)9-18(8-13)30-12-17-10-16(5-6-20(17)29-4)22-19(11-25)23(26)31-24-21(22)15(3)27-28-24/h5-10,22H,12,26H2,1-4H3,(H,27,28)/t22-/m1/s1. The zero-order valence-corrected chi connectivity index (χ0v) is 17.9. The van der Waals surface area contributed by atoms with Crippen molar-refractivity contribution in [3.05, 3.63) is 81.4 Å². The van der Waals surface area contributed by atoms with Crippen LogP contribution in [0.5, 0.6) is 17.4 Å². The van der Waals surface area contributed by atoms with E-state index in [1.165, 1.54) is 0 Å². The minimum Gasteiger partial charge on any atom is -0.496 e. The largest absolute Gasteiger partial charge is 0.496 e. The molecule has 0 aliphatic carbocycles. The number of nitriles is 1. The number of H-pyrrole nitrogens is 1. The Hall–Kier alpha value is -3.92. The molecule has 2 aromatic carbocycles. The fourth-order valence-corrected chi connectivity index (χ4v) is 4.00. The van der Waals surface area contributed by atoms with E-state index in [0.29, 0.717) is 23.8 Å². The quantitative estimate of drug-likeness (QED) is 0.647. The van der Waals surface area contributed by atoms with Gasteiger partial charge in [0, 0.05) is 16.8 Å². The molecule has 31 heavy (non-hydrogen) atoms. The molecule has 158 valence electrons. The minimum atomic E-state index is -0.390. The molecule has 7 heteroatoms. The highest BCUT2D eigenvalue weighted by atomic mass is 16.5. The van der Waals surface area contributed by atoms with Gasteiger partial charge in [0.15, 0.2) is 0 Å². The third-order valence-corrected chi connectivity index (χ3v) is 5.36. The monoisotopic (exact) mass is 416 g/mol. The van der Waals surface area contributed by atoms with Crippen LogP contribution in [0.1, 0.15) is 39.4 Å². The number of nitrogens with two attached hydrogens (primary N) is 1. The van der Waals surface area contributed by atoms with Gasteiger partial charge in [0.05, 0.1) is 13.0 Å². The van der Waals surface area contributed by atoms with E-state index in [9.17, 15) is 5.26 Å². The zero-order chi connectivity index (χ0) is 22.1. The summed E-state index contributed by atoms with van der Waals surface area (Å²) in [5, 5.41) is 16.9. The highest BCUT2D eigenvalue weighted by Crippen LogP contribution is 2.43. The lowest BCUT2D eigenvalue weighted by Crippen LogP contribution is -2.21. The van der Waals surface area contributed by atoms with Gasteiger partial charge in [0.1, 0.15) is 29.7 Å². The van der Waals surface area contributed by atoms with Gasteiger partial charge in [-0.1, -0.05) is 12.1 Å². The van der Waals surface area contributed by atoms with Crippen molar-refractivity contribution < 1.29 is 14.2 Å². The Labute approximate surface area is 181 Å². The molecule has 0 spiro atoms. The number of allylic oxidation sites excluding steroid dienone is 1. The van der Waals surface area contributed by atoms with Crippen molar-refractivity contribution in [1.82, 2.24) is 10.2 Å². The molecule has 0 saturated heterocycles. The van der Waals surface area contributed by atoms with Gasteiger partial charge >= 0.3 is 0 Å². The Morgan fingerprint density at radius 1 is 1.16 bits per heavy atom. The Bertz CT molecular complexity index is 1200. The first kappa shape index (κ1) is 20.4. The summed E-state index contributed by atoms with van der Waals surface area (Å²) in [5.41, 5.74) is 12.0. The third kappa shape index (κ3) is 3.80. The molecule has 7 nitrogen and oxygen atoms in total. The lowest BCUT2D eigenvalue weighted by atomic mass is 9.83. The van der Waals surface area contributed by atoms with Gasteiger partial charge < -0.3 is 19.9 Å². The van der Waals surface area contributed by atoms with Crippen molar-refractivity contribution in [2.75, 3.05) is 7.11 Å². The Morgan fingerprint density at radius 3 is 2.58 bits per heavy atom. The Kier molecular flexibility index (Phi) is 5.30. The van der Waals surface area contributed by atoms with E-state index in [1.807, 2.05) is 51.1 Å². The van der Waals surface area contributed by atoms with Gasteiger partial charge in [-0.15, -0.1) is 5.10 Å². The van der Waals surface area contributed by atoms with Crippen LogP contribution in [0.15, 0.2) is 47.9 Å². The van der Waals surface area contributed by atoms with Crippen LogP contribution in [0.4, 0.5) is 0 Å². The molecule has 1 aliphatic heterocycles. The first-order chi connectivity index (χ1) is 14.9. The molecule has 3 aromatic rings. The summed E-state index contributed by atoms with van der Waals surface area (Å²) in [5.74, 6) is 1.57. The van der Waals surface area contributed by atoms with Gasteiger partial charge in [0.2, 0.25) is 11.8 Å². The minimum absolute atomic E-state index is 0.0651. The van der Waals surface area contributed by atoms with E-state index in [0.717, 1.165) is 39.3 Å². The number of methoxy groups -OCH3 is 1. The van der Waals surface area contributed by atoms with Gasteiger partial charge in [-0.2, -0.15) is 5.26 Å². The smallest absolute Gasteiger partial charge is 0.244 e. The summed E-state index contributed by atoms with van der Waals surface area (Å²) in [6.07, 6.45) is 0. The number of aromatic nitrogens is 2. The van der Waals surface area contributed by atoms with Crippen LogP contribution in [0.2, 0.25) is 0 Å². The summed E-state index contributed by atoms with van der Waals surface area (Å²) < 4.78 is 17.2. The molecule has 0 bridgehead atoms. The number of aromatic amines is 1. The van der Waals surface area contributed by atoms with Crippen LogP contribution >= 0.6 is 0 Å². The van der Waals surface area contributed by atoms with E-state index in [4.69, 9.17) is 19.9 Å². The predicted octanol–water partition coefficient (Wildman–Crippen LogP) is 4.14. The van der Waals surface area contributed by atoms with Gasteiger partial charge in [0.25, 0.3) is 0 Å². The van der Waals surface area contributed by atoms with Crippen molar-refractivity contribution in [1.29, 1.82) is 5.26 Å². The molecule has 3 N–H and O–H groups in total. The van der Waals surface area contributed by atoms with E-state index < -0.39 is 5.92 Å². The van der Waals surface area contributed by atoms with Crippen LogP contribution in [0.3, 0.4) is 0 Å². The number of aryl methyl sites for hydroxylation is 3. The molecule has 0 unspecified atom stereocenters. The van der Waals surface area contributed by atoms with Crippen molar-refractivity contribution in [2.45, 2.75) is 33.3 Å². The highest BCUT2D eigenvalue weighted by molar-refractivity contribution is 5.56. The fourth-order valence-electron chi connectivity index (χ4n) is 4.00. The molecule has 1 atom stereocenters. The Morgan fingerprint density at radius 2 is 1.90 bits per heavy atom. The molecule has 0 saturated carbocycles. The van der Waals surface area contributed by atoms with Crippen molar-refractivity contribution in [3.8, 4) is 23.4 Å². The first-order valence-corrected chi connectivity index (χ1v) is 9.91. The van der Waals surface area contributed by atoms with E-state index in [2.05, 4.69) is 22.3 Å². The second-order valence-electron chi connectivity index (χ2n) is 7.68. The van der Waals surface area contributed by atoms with Crippen LogP contribution in [-0.2, 0) is 6.61 Å². The topological polar surface area (TPSA) is 106 Å². The summed E-state index contributed by atoms with van der Waals surface area (Å²) in [7, 11) is 1.63. The normalized spacial score (nSPS) is 15.1. The molecular weight excluding hydrogens is 392 g/mol. The summed E-state index contributed by atoms with van der Waals surface area (Å²) >= 11 is 0. The molecule has 0 radical (unpaired) electrons. The van der Waals surface area contributed by atoms with Gasteiger partial charge in [-0.05, 0) is 61.7 Å². The summed E-state index contributed by atoms with van der Waals surface area (Å²) in [6, 6.07) is 14.1. The zero-order valence-electron chi connectivity index (χ0n) is 17.9. The maximum Gasteiger partial charge on any atom is 0.244 e. The lowest BCUT2D eigenvalue weighted by molar-refractivity contribution is 0.296. The molecule has 1 aromatic heterocycles. The fraction of sp³-hybridized carbons (Fsp3) is 0.250. The van der Waals surface area contributed by atoms with E-state index >= 15 is 0 Å². The number of hydrogen-bond acceptors (Lipinski definition) is 6. The van der Waals surface area contributed by atoms with Crippen LogP contribution < -0.4 is 19.9 Å². The number of nitrogens with zero attached hydrogens (tertiary/aromatic N) is 2. The molecule has 0 amide bonds. The maximum atomic E-state index is 9.77. The summed E-state index contributed by atoms with van der Waals surface area (Å²) in [6.45, 7) is 6.29. The molecular formula is C24H24N4O3. The number of benzene rings is 2. The molecule has 0 fully saturated rings. The Balaban J connectivity index is 1.73. The predicted molar refractivity (Wildman–Crippen MR) is 116 cm³/mol. The van der Waals surface area contributed by atoms with Gasteiger partial charge in [-0.25, -0.2) is 0 Å². The van der Waals surface area contributed by atoms with Crippen LogP contribution in [-0.4, -0.2) is 17.3 Å². The van der Waals surface area contributed by atoms with Crippen molar-refractivity contribution in [2.24, 2.45) is 5.73 Å². The van der Waals surface area contributed by atoms with Crippen LogP contribution in [0, 0.1) is 32.1 Å². The maximum absolute atomic E-state index is 9.77. The third-order valence-electron chi connectivity index (χ3n) is 5.36.